The van der Waals surface area contributed by atoms with Gasteiger partial charge in [0.2, 0.25) is 0 Å². The highest BCUT2D eigenvalue weighted by Crippen LogP contribution is 2.28. The number of fused-ring (bicyclic) bond motifs is 1. The molecule has 20 heavy (non-hydrogen) atoms. The fourth-order valence-electron chi connectivity index (χ4n) is 2.60. The van der Waals surface area contributed by atoms with Crippen molar-refractivity contribution in [3.63, 3.8) is 0 Å². The predicted molar refractivity (Wildman–Crippen MR) is 79.4 cm³/mol. The first-order valence-corrected chi connectivity index (χ1v) is 8.26. The van der Waals surface area contributed by atoms with E-state index in [1.165, 1.54) is 6.33 Å². The van der Waals surface area contributed by atoms with Crippen molar-refractivity contribution in [2.75, 3.05) is 28.7 Å². The van der Waals surface area contributed by atoms with Crippen molar-refractivity contribution in [3.8, 4) is 0 Å². The third-order valence-electron chi connectivity index (χ3n) is 3.58. The van der Waals surface area contributed by atoms with Gasteiger partial charge in [-0.25, -0.2) is 18.4 Å². The van der Waals surface area contributed by atoms with Crippen LogP contribution < -0.4 is 10.6 Å². The Labute approximate surface area is 117 Å². The Morgan fingerprint density at radius 2 is 2.15 bits per heavy atom. The van der Waals surface area contributed by atoms with E-state index in [-0.39, 0.29) is 17.5 Å². The number of nitrogens with two attached hydrogens (primary N) is 1. The Bertz CT molecular complexity index is 760. The normalized spacial score (nSPS) is 22.1. The van der Waals surface area contributed by atoms with E-state index in [9.17, 15) is 8.42 Å². The average molecular weight is 292 g/mol. The molecule has 1 unspecified atom stereocenters. The molecule has 3 rings (SSSR count). The van der Waals surface area contributed by atoms with Crippen LogP contribution in [0.2, 0.25) is 0 Å². The second-order valence-electron chi connectivity index (χ2n) is 5.13. The molecule has 0 saturated carbocycles. The van der Waals surface area contributed by atoms with E-state index in [4.69, 9.17) is 5.73 Å². The Morgan fingerprint density at radius 1 is 1.35 bits per heavy atom. The number of hydrogen-bond donors (Lipinski definition) is 1. The zero-order valence-corrected chi connectivity index (χ0v) is 12.0. The van der Waals surface area contributed by atoms with E-state index in [0.29, 0.717) is 12.2 Å². The lowest BCUT2D eigenvalue weighted by atomic mass is 10.2. The fraction of sp³-hybridized carbons (Fsp3) is 0.385. The Balaban J connectivity index is 2.08. The SMILES string of the molecule is CC1CS(=O)(=O)CCN1c1ncnc2ccc(N)cc12. The zero-order valence-electron chi connectivity index (χ0n) is 11.2. The summed E-state index contributed by atoms with van der Waals surface area (Å²) in [5.74, 6) is 1.07. The summed E-state index contributed by atoms with van der Waals surface area (Å²) in [6.07, 6.45) is 1.50. The highest BCUT2D eigenvalue weighted by atomic mass is 32.2. The van der Waals surface area contributed by atoms with Gasteiger partial charge in [0.15, 0.2) is 9.84 Å². The first kappa shape index (κ1) is 13.1. The molecule has 0 amide bonds. The number of anilines is 2. The van der Waals surface area contributed by atoms with Gasteiger partial charge in [-0.1, -0.05) is 0 Å². The minimum atomic E-state index is -2.94. The molecule has 1 aliphatic rings. The highest BCUT2D eigenvalue weighted by Gasteiger charge is 2.29. The van der Waals surface area contributed by atoms with Crippen LogP contribution in [0, 0.1) is 0 Å². The first-order chi connectivity index (χ1) is 9.46. The monoisotopic (exact) mass is 292 g/mol. The van der Waals surface area contributed by atoms with Gasteiger partial charge >= 0.3 is 0 Å². The number of nitrogen functional groups attached to an aromatic ring is 1. The molecule has 1 aliphatic heterocycles. The fourth-order valence-corrected chi connectivity index (χ4v) is 4.16. The second-order valence-corrected chi connectivity index (χ2v) is 7.36. The molecular weight excluding hydrogens is 276 g/mol. The summed E-state index contributed by atoms with van der Waals surface area (Å²) in [5.41, 5.74) is 7.28. The lowest BCUT2D eigenvalue weighted by molar-refractivity contribution is 0.567. The minimum absolute atomic E-state index is 0.103. The van der Waals surface area contributed by atoms with Crippen molar-refractivity contribution in [2.24, 2.45) is 0 Å². The van der Waals surface area contributed by atoms with Crippen molar-refractivity contribution in [1.82, 2.24) is 9.97 Å². The summed E-state index contributed by atoms with van der Waals surface area (Å²) in [7, 11) is -2.94. The largest absolute Gasteiger partial charge is 0.399 e. The lowest BCUT2D eigenvalue weighted by Gasteiger charge is -2.34. The summed E-state index contributed by atoms with van der Waals surface area (Å²) < 4.78 is 23.4. The quantitative estimate of drug-likeness (QED) is 0.783. The summed E-state index contributed by atoms with van der Waals surface area (Å²) in [5, 5.41) is 0.860. The Hall–Kier alpha value is -1.89. The van der Waals surface area contributed by atoms with Crippen LogP contribution >= 0.6 is 0 Å². The molecule has 1 aromatic heterocycles. The summed E-state index contributed by atoms with van der Waals surface area (Å²) in [6, 6.07) is 5.37. The van der Waals surface area contributed by atoms with Crippen LogP contribution in [0.3, 0.4) is 0 Å². The van der Waals surface area contributed by atoms with Gasteiger partial charge in [-0.3, -0.25) is 0 Å². The number of nitrogens with zero attached hydrogens (tertiary/aromatic N) is 3. The zero-order chi connectivity index (χ0) is 14.3. The summed E-state index contributed by atoms with van der Waals surface area (Å²) in [6.45, 7) is 2.35. The summed E-state index contributed by atoms with van der Waals surface area (Å²) >= 11 is 0. The van der Waals surface area contributed by atoms with E-state index in [1.54, 1.807) is 6.07 Å². The molecule has 0 radical (unpaired) electrons. The number of benzene rings is 1. The molecule has 6 nitrogen and oxygen atoms in total. The molecule has 7 heteroatoms. The van der Waals surface area contributed by atoms with Gasteiger partial charge in [0, 0.05) is 23.7 Å². The van der Waals surface area contributed by atoms with Gasteiger partial charge in [-0.05, 0) is 25.1 Å². The molecule has 1 aromatic carbocycles. The van der Waals surface area contributed by atoms with Crippen LogP contribution in [0.25, 0.3) is 10.9 Å². The van der Waals surface area contributed by atoms with E-state index in [2.05, 4.69) is 9.97 Å². The molecule has 1 atom stereocenters. The van der Waals surface area contributed by atoms with Crippen molar-refractivity contribution in [3.05, 3.63) is 24.5 Å². The first-order valence-electron chi connectivity index (χ1n) is 6.43. The number of rotatable bonds is 1. The van der Waals surface area contributed by atoms with Crippen molar-refractivity contribution in [1.29, 1.82) is 0 Å². The predicted octanol–water partition coefficient (Wildman–Crippen LogP) is 0.835. The molecule has 2 heterocycles. The standard InChI is InChI=1S/C13H16N4O2S/c1-9-7-20(18,19)5-4-17(9)13-11-6-10(14)2-3-12(11)15-8-16-13/h2-3,6,8-9H,4-5,7,14H2,1H3. The molecule has 0 bridgehead atoms. The molecular formula is C13H16N4O2S. The van der Waals surface area contributed by atoms with Crippen LogP contribution in [-0.2, 0) is 9.84 Å². The van der Waals surface area contributed by atoms with Gasteiger partial charge < -0.3 is 10.6 Å². The maximum Gasteiger partial charge on any atom is 0.154 e. The molecule has 2 aromatic rings. The van der Waals surface area contributed by atoms with E-state index < -0.39 is 9.84 Å². The van der Waals surface area contributed by atoms with Crippen LogP contribution in [0.15, 0.2) is 24.5 Å². The number of aromatic nitrogens is 2. The lowest BCUT2D eigenvalue weighted by Crippen LogP contribution is -2.47. The molecule has 0 aliphatic carbocycles. The third-order valence-corrected chi connectivity index (χ3v) is 5.38. The Morgan fingerprint density at radius 3 is 2.90 bits per heavy atom. The molecule has 0 spiro atoms. The molecule has 1 saturated heterocycles. The van der Waals surface area contributed by atoms with Gasteiger partial charge in [-0.15, -0.1) is 0 Å². The summed E-state index contributed by atoms with van der Waals surface area (Å²) in [4.78, 5) is 10.6. The minimum Gasteiger partial charge on any atom is -0.399 e. The molecule has 2 N–H and O–H groups in total. The highest BCUT2D eigenvalue weighted by molar-refractivity contribution is 7.91. The third kappa shape index (κ3) is 2.29. The topological polar surface area (TPSA) is 89.2 Å². The van der Waals surface area contributed by atoms with Crippen molar-refractivity contribution < 1.29 is 8.42 Å². The van der Waals surface area contributed by atoms with Crippen LogP contribution in [-0.4, -0.2) is 42.5 Å². The average Bonchev–Trinajstić information content (AvgIpc) is 2.37. The van der Waals surface area contributed by atoms with Crippen LogP contribution in [0.5, 0.6) is 0 Å². The number of sulfone groups is 1. The van der Waals surface area contributed by atoms with E-state index in [1.807, 2.05) is 24.0 Å². The van der Waals surface area contributed by atoms with Crippen LogP contribution in [0.1, 0.15) is 6.92 Å². The second kappa shape index (κ2) is 4.59. The number of hydrogen-bond acceptors (Lipinski definition) is 6. The molecule has 1 fully saturated rings. The van der Waals surface area contributed by atoms with E-state index >= 15 is 0 Å². The van der Waals surface area contributed by atoms with Gasteiger partial charge in [0.25, 0.3) is 0 Å². The van der Waals surface area contributed by atoms with Crippen LogP contribution in [0.4, 0.5) is 11.5 Å². The maximum atomic E-state index is 11.7. The van der Waals surface area contributed by atoms with Crippen molar-refractivity contribution >= 4 is 32.2 Å². The maximum absolute atomic E-state index is 11.7. The van der Waals surface area contributed by atoms with Gasteiger partial charge in [0.1, 0.15) is 12.1 Å². The van der Waals surface area contributed by atoms with E-state index in [0.717, 1.165) is 16.7 Å². The van der Waals surface area contributed by atoms with Gasteiger partial charge in [-0.2, -0.15) is 0 Å². The Kier molecular flexibility index (Phi) is 3.01. The molecule has 106 valence electrons. The smallest absolute Gasteiger partial charge is 0.154 e. The van der Waals surface area contributed by atoms with Gasteiger partial charge in [0.05, 0.1) is 17.0 Å². The van der Waals surface area contributed by atoms with Crippen molar-refractivity contribution in [2.45, 2.75) is 13.0 Å².